The quantitative estimate of drug-likeness (QED) is 0.688. The molecular formula is C11H24N2O2S2. The van der Waals surface area contributed by atoms with Gasteiger partial charge in [-0.3, -0.25) is 0 Å². The molecule has 0 unspecified atom stereocenters. The van der Waals surface area contributed by atoms with Gasteiger partial charge in [0.2, 0.25) is 10.0 Å². The van der Waals surface area contributed by atoms with Crippen molar-refractivity contribution < 1.29 is 8.42 Å². The lowest BCUT2D eigenvalue weighted by Gasteiger charge is -2.31. The molecule has 1 fully saturated rings. The van der Waals surface area contributed by atoms with Crippen molar-refractivity contribution >= 4 is 21.8 Å². The summed E-state index contributed by atoms with van der Waals surface area (Å²) in [6.07, 6.45) is 6.32. The minimum atomic E-state index is -3.05. The largest absolute Gasteiger partial charge is 0.312 e. The van der Waals surface area contributed by atoms with Crippen molar-refractivity contribution in [2.75, 3.05) is 25.1 Å². The summed E-state index contributed by atoms with van der Waals surface area (Å²) < 4.78 is 24.3. The summed E-state index contributed by atoms with van der Waals surface area (Å²) in [6.45, 7) is 3.40. The topological polar surface area (TPSA) is 58.2 Å². The highest BCUT2D eigenvalue weighted by Gasteiger charge is 2.24. The van der Waals surface area contributed by atoms with Crippen LogP contribution in [0.3, 0.4) is 0 Å². The SMILES string of the molecule is CCS[C@H]1CCCC[C@H]1NCCNS(C)(=O)=O. The molecule has 1 aliphatic carbocycles. The van der Waals surface area contributed by atoms with Crippen LogP contribution in [-0.2, 0) is 10.0 Å². The van der Waals surface area contributed by atoms with E-state index in [1.807, 2.05) is 11.8 Å². The van der Waals surface area contributed by atoms with Crippen molar-refractivity contribution in [1.82, 2.24) is 10.0 Å². The van der Waals surface area contributed by atoms with Gasteiger partial charge in [0.1, 0.15) is 0 Å². The smallest absolute Gasteiger partial charge is 0.208 e. The molecule has 4 nitrogen and oxygen atoms in total. The zero-order valence-electron chi connectivity index (χ0n) is 10.7. The molecule has 0 aromatic carbocycles. The fraction of sp³-hybridized carbons (Fsp3) is 1.00. The second kappa shape index (κ2) is 7.61. The molecule has 0 spiro atoms. The maximum atomic E-state index is 10.9. The van der Waals surface area contributed by atoms with Crippen LogP contribution in [0.2, 0.25) is 0 Å². The molecule has 0 bridgehead atoms. The zero-order valence-corrected chi connectivity index (χ0v) is 12.4. The monoisotopic (exact) mass is 280 g/mol. The highest BCUT2D eigenvalue weighted by molar-refractivity contribution is 7.99. The Bertz CT molecular complexity index is 305. The van der Waals surface area contributed by atoms with Gasteiger partial charge in [-0.05, 0) is 18.6 Å². The van der Waals surface area contributed by atoms with Crippen molar-refractivity contribution in [2.24, 2.45) is 0 Å². The molecule has 0 aromatic heterocycles. The second-order valence-electron chi connectivity index (χ2n) is 4.51. The lowest BCUT2D eigenvalue weighted by Crippen LogP contribution is -2.43. The van der Waals surface area contributed by atoms with Crippen LogP contribution in [0.25, 0.3) is 0 Å². The molecule has 1 saturated carbocycles. The van der Waals surface area contributed by atoms with Crippen molar-refractivity contribution in [3.8, 4) is 0 Å². The molecule has 17 heavy (non-hydrogen) atoms. The number of nitrogens with one attached hydrogen (secondary N) is 2. The van der Waals surface area contributed by atoms with E-state index in [1.54, 1.807) is 0 Å². The van der Waals surface area contributed by atoms with Gasteiger partial charge in [-0.2, -0.15) is 11.8 Å². The summed E-state index contributed by atoms with van der Waals surface area (Å²) in [5.74, 6) is 1.16. The first-order chi connectivity index (χ1) is 8.03. The molecule has 6 heteroatoms. The molecule has 102 valence electrons. The van der Waals surface area contributed by atoms with Crippen LogP contribution in [0.1, 0.15) is 32.6 Å². The van der Waals surface area contributed by atoms with E-state index in [0.29, 0.717) is 17.8 Å². The maximum absolute atomic E-state index is 10.9. The highest BCUT2D eigenvalue weighted by Crippen LogP contribution is 2.28. The predicted octanol–water partition coefficient (Wildman–Crippen LogP) is 1.19. The number of rotatable bonds is 7. The molecule has 0 saturated heterocycles. The van der Waals surface area contributed by atoms with Crippen LogP contribution < -0.4 is 10.0 Å². The molecule has 0 heterocycles. The average Bonchev–Trinajstić information content (AvgIpc) is 2.25. The van der Waals surface area contributed by atoms with Crippen LogP contribution >= 0.6 is 11.8 Å². The standard InChI is InChI=1S/C11H24N2O2S2/c1-3-16-11-7-5-4-6-10(11)12-8-9-13-17(2,14)15/h10-13H,3-9H2,1-2H3/t10-,11+/m1/s1. The first kappa shape index (κ1) is 15.3. The van der Waals surface area contributed by atoms with Gasteiger partial charge in [0, 0.05) is 24.4 Å². The molecule has 0 aliphatic heterocycles. The molecule has 0 aromatic rings. The summed E-state index contributed by atoms with van der Waals surface area (Å²) in [5, 5.41) is 4.18. The maximum Gasteiger partial charge on any atom is 0.208 e. The Morgan fingerprint density at radius 1 is 1.24 bits per heavy atom. The molecule has 1 aliphatic rings. The van der Waals surface area contributed by atoms with Crippen LogP contribution in [-0.4, -0.2) is 44.8 Å². The summed E-state index contributed by atoms with van der Waals surface area (Å²) in [5.41, 5.74) is 0. The first-order valence-corrected chi connectivity index (χ1v) is 9.26. The van der Waals surface area contributed by atoms with Crippen molar-refractivity contribution in [2.45, 2.75) is 43.9 Å². The van der Waals surface area contributed by atoms with E-state index in [0.717, 1.165) is 12.3 Å². The molecule has 2 N–H and O–H groups in total. The number of thioether (sulfide) groups is 1. The van der Waals surface area contributed by atoms with Gasteiger partial charge in [0.25, 0.3) is 0 Å². The third-order valence-electron chi connectivity index (χ3n) is 2.98. The van der Waals surface area contributed by atoms with Gasteiger partial charge in [0.15, 0.2) is 0 Å². The third-order valence-corrected chi connectivity index (χ3v) is 5.03. The lowest BCUT2D eigenvalue weighted by molar-refractivity contribution is 0.386. The van der Waals surface area contributed by atoms with Gasteiger partial charge in [-0.15, -0.1) is 0 Å². The summed E-state index contributed by atoms with van der Waals surface area (Å²) in [7, 11) is -3.05. The van der Waals surface area contributed by atoms with E-state index >= 15 is 0 Å². The fourth-order valence-corrected chi connectivity index (χ4v) is 3.94. The number of hydrogen-bond donors (Lipinski definition) is 2. The molecule has 0 radical (unpaired) electrons. The van der Waals surface area contributed by atoms with Crippen LogP contribution in [0.4, 0.5) is 0 Å². The van der Waals surface area contributed by atoms with Crippen molar-refractivity contribution in [3.63, 3.8) is 0 Å². The van der Waals surface area contributed by atoms with Gasteiger partial charge >= 0.3 is 0 Å². The molecule has 2 atom stereocenters. The van der Waals surface area contributed by atoms with Gasteiger partial charge in [0.05, 0.1) is 6.26 Å². The number of sulfonamides is 1. The third kappa shape index (κ3) is 6.64. The Morgan fingerprint density at radius 3 is 2.59 bits per heavy atom. The Morgan fingerprint density at radius 2 is 1.94 bits per heavy atom. The van der Waals surface area contributed by atoms with Gasteiger partial charge < -0.3 is 5.32 Å². The first-order valence-electron chi connectivity index (χ1n) is 6.32. The van der Waals surface area contributed by atoms with Crippen LogP contribution in [0.5, 0.6) is 0 Å². The Labute approximate surface area is 109 Å². The summed E-state index contributed by atoms with van der Waals surface area (Å²) in [6, 6.07) is 0.551. The predicted molar refractivity (Wildman–Crippen MR) is 75.0 cm³/mol. The Hall–Kier alpha value is 0.220. The average molecular weight is 280 g/mol. The van der Waals surface area contributed by atoms with E-state index in [9.17, 15) is 8.42 Å². The van der Waals surface area contributed by atoms with Crippen molar-refractivity contribution in [1.29, 1.82) is 0 Å². The minimum Gasteiger partial charge on any atom is -0.312 e. The van der Waals surface area contributed by atoms with E-state index in [-0.39, 0.29) is 0 Å². The summed E-state index contributed by atoms with van der Waals surface area (Å²) in [4.78, 5) is 0. The van der Waals surface area contributed by atoms with Gasteiger partial charge in [-0.1, -0.05) is 19.8 Å². The lowest BCUT2D eigenvalue weighted by atomic mass is 9.95. The highest BCUT2D eigenvalue weighted by atomic mass is 32.2. The van der Waals surface area contributed by atoms with E-state index in [4.69, 9.17) is 0 Å². The minimum absolute atomic E-state index is 0.485. The van der Waals surface area contributed by atoms with E-state index < -0.39 is 10.0 Å². The van der Waals surface area contributed by atoms with Crippen molar-refractivity contribution in [3.05, 3.63) is 0 Å². The Kier molecular flexibility index (Phi) is 6.84. The second-order valence-corrected chi connectivity index (χ2v) is 7.85. The van der Waals surface area contributed by atoms with E-state index in [1.165, 1.54) is 31.9 Å². The van der Waals surface area contributed by atoms with Crippen LogP contribution in [0, 0.1) is 0 Å². The zero-order chi connectivity index (χ0) is 12.7. The molecule has 1 rings (SSSR count). The van der Waals surface area contributed by atoms with Gasteiger partial charge in [-0.25, -0.2) is 13.1 Å². The normalized spacial score (nSPS) is 26.0. The fourth-order valence-electron chi connectivity index (χ4n) is 2.24. The molecular weight excluding hydrogens is 256 g/mol. The van der Waals surface area contributed by atoms with E-state index in [2.05, 4.69) is 17.0 Å². The molecule has 0 amide bonds. The summed E-state index contributed by atoms with van der Waals surface area (Å²) >= 11 is 2.02. The van der Waals surface area contributed by atoms with Crippen LogP contribution in [0.15, 0.2) is 0 Å². The Balaban J connectivity index is 2.23. The number of hydrogen-bond acceptors (Lipinski definition) is 4.